The van der Waals surface area contributed by atoms with E-state index in [1.807, 2.05) is 13.8 Å². The van der Waals surface area contributed by atoms with Crippen LogP contribution in [0.4, 0.5) is 14.5 Å². The molecule has 0 atom stereocenters. The third-order valence-corrected chi connectivity index (χ3v) is 5.01. The molecule has 0 aliphatic carbocycles. The molecule has 1 heterocycles. The monoisotopic (exact) mass is 439 g/mol. The number of pyridine rings is 1. The first kappa shape index (κ1) is 22.9. The molecule has 0 aliphatic heterocycles. The van der Waals surface area contributed by atoms with Gasteiger partial charge in [-0.1, -0.05) is 26.0 Å². The maximum absolute atomic E-state index is 13.5. The molecule has 3 rings (SSSR count). The Hall–Kier alpha value is -3.81. The van der Waals surface area contributed by atoms with Crippen LogP contribution in [-0.4, -0.2) is 22.9 Å². The summed E-state index contributed by atoms with van der Waals surface area (Å²) >= 11 is 0. The predicted octanol–water partition coefficient (Wildman–Crippen LogP) is 3.47. The minimum absolute atomic E-state index is 0.148. The van der Waals surface area contributed by atoms with Crippen LogP contribution in [0.1, 0.15) is 29.8 Å². The topological polar surface area (TPSA) is 80.2 Å². The summed E-state index contributed by atoms with van der Waals surface area (Å²) in [5.41, 5.74) is -0.242. The molecule has 166 valence electrons. The lowest BCUT2D eigenvalue weighted by atomic mass is 9.84. The van der Waals surface area contributed by atoms with Crippen molar-refractivity contribution in [3.63, 3.8) is 0 Å². The van der Waals surface area contributed by atoms with E-state index in [4.69, 9.17) is 0 Å². The Morgan fingerprint density at radius 2 is 1.69 bits per heavy atom. The molecule has 0 saturated carbocycles. The Labute approximate surface area is 183 Å². The molecule has 0 saturated heterocycles. The highest BCUT2D eigenvalue weighted by molar-refractivity contribution is 6.04. The second-order valence-electron chi connectivity index (χ2n) is 7.99. The van der Waals surface area contributed by atoms with Crippen molar-refractivity contribution in [1.29, 1.82) is 0 Å². The Bertz CT molecular complexity index is 1190. The van der Waals surface area contributed by atoms with Crippen molar-refractivity contribution in [3.8, 4) is 0 Å². The van der Waals surface area contributed by atoms with E-state index in [9.17, 15) is 23.2 Å². The van der Waals surface area contributed by atoms with Crippen LogP contribution in [0, 0.1) is 11.6 Å². The lowest BCUT2D eigenvalue weighted by Gasteiger charge is -2.25. The molecule has 6 nitrogen and oxygen atoms in total. The highest BCUT2D eigenvalue weighted by Crippen LogP contribution is 2.22. The minimum Gasteiger partial charge on any atom is -0.354 e. The van der Waals surface area contributed by atoms with Gasteiger partial charge in [0, 0.05) is 23.8 Å². The third kappa shape index (κ3) is 5.66. The summed E-state index contributed by atoms with van der Waals surface area (Å²) in [6, 6.07) is 14.1. The zero-order chi connectivity index (χ0) is 23.3. The van der Waals surface area contributed by atoms with Gasteiger partial charge in [0.2, 0.25) is 5.91 Å². The average Bonchev–Trinajstić information content (AvgIpc) is 2.75. The van der Waals surface area contributed by atoms with Gasteiger partial charge in [-0.25, -0.2) is 8.78 Å². The number of nitrogens with zero attached hydrogens (tertiary/aromatic N) is 1. The smallest absolute Gasteiger partial charge is 0.263 e. The van der Waals surface area contributed by atoms with Crippen molar-refractivity contribution in [2.24, 2.45) is 0 Å². The van der Waals surface area contributed by atoms with E-state index in [2.05, 4.69) is 10.6 Å². The fourth-order valence-electron chi connectivity index (χ4n) is 3.11. The number of nitrogens with one attached hydrogen (secondary N) is 2. The number of hydrogen-bond donors (Lipinski definition) is 2. The van der Waals surface area contributed by atoms with Gasteiger partial charge in [0.25, 0.3) is 11.5 Å². The van der Waals surface area contributed by atoms with Gasteiger partial charge in [-0.2, -0.15) is 0 Å². The maximum atomic E-state index is 13.5. The zero-order valence-electron chi connectivity index (χ0n) is 17.7. The molecular weight excluding hydrogens is 416 g/mol. The predicted molar refractivity (Wildman–Crippen MR) is 117 cm³/mol. The number of amides is 2. The van der Waals surface area contributed by atoms with Crippen LogP contribution in [0.3, 0.4) is 0 Å². The van der Waals surface area contributed by atoms with Crippen LogP contribution in [0.5, 0.6) is 0 Å². The first-order valence-electron chi connectivity index (χ1n) is 9.95. The van der Waals surface area contributed by atoms with Crippen molar-refractivity contribution in [1.82, 2.24) is 9.88 Å². The summed E-state index contributed by atoms with van der Waals surface area (Å²) in [5, 5.41) is 5.28. The van der Waals surface area contributed by atoms with Crippen LogP contribution in [0.2, 0.25) is 0 Å². The van der Waals surface area contributed by atoms with E-state index in [1.54, 1.807) is 12.1 Å². The van der Waals surface area contributed by atoms with Crippen LogP contribution >= 0.6 is 0 Å². The lowest BCUT2D eigenvalue weighted by Crippen LogP contribution is -2.40. The van der Waals surface area contributed by atoms with Crippen LogP contribution in [0.25, 0.3) is 0 Å². The molecule has 8 heteroatoms. The quantitative estimate of drug-likeness (QED) is 0.592. The normalized spacial score (nSPS) is 11.1. The molecule has 0 fully saturated rings. The number of carbonyl (C=O) groups excluding carboxylic acids is 2. The largest absolute Gasteiger partial charge is 0.354 e. The van der Waals surface area contributed by atoms with E-state index in [0.29, 0.717) is 5.69 Å². The number of anilines is 1. The highest BCUT2D eigenvalue weighted by Gasteiger charge is 2.22. The third-order valence-electron chi connectivity index (χ3n) is 5.01. The number of carbonyl (C=O) groups is 2. The number of aromatic nitrogens is 1. The summed E-state index contributed by atoms with van der Waals surface area (Å²) in [5.74, 6) is -1.89. The average molecular weight is 439 g/mol. The number of halogens is 2. The molecule has 0 radical (unpaired) electrons. The second kappa shape index (κ2) is 9.55. The fraction of sp³-hybridized carbons (Fsp3) is 0.208. The van der Waals surface area contributed by atoms with Crippen LogP contribution in [-0.2, 0) is 16.8 Å². The summed E-state index contributed by atoms with van der Waals surface area (Å²) in [6.45, 7) is 3.69. The molecule has 0 aliphatic rings. The molecule has 0 spiro atoms. The van der Waals surface area contributed by atoms with Crippen molar-refractivity contribution >= 4 is 17.5 Å². The Kier molecular flexibility index (Phi) is 6.82. The summed E-state index contributed by atoms with van der Waals surface area (Å²) in [4.78, 5) is 37.6. The molecule has 32 heavy (non-hydrogen) atoms. The maximum Gasteiger partial charge on any atom is 0.263 e. The Morgan fingerprint density at radius 1 is 0.969 bits per heavy atom. The minimum atomic E-state index is -0.663. The Balaban J connectivity index is 1.66. The molecule has 2 aromatic carbocycles. The fourth-order valence-corrected chi connectivity index (χ4v) is 3.11. The molecule has 3 aromatic rings. The molecule has 0 unspecified atom stereocenters. The van der Waals surface area contributed by atoms with Gasteiger partial charge < -0.3 is 15.2 Å². The summed E-state index contributed by atoms with van der Waals surface area (Å²) in [6.07, 6.45) is 1.41. The lowest BCUT2D eigenvalue weighted by molar-refractivity contribution is -0.121. The summed E-state index contributed by atoms with van der Waals surface area (Å²) in [7, 11) is 0. The first-order valence-corrected chi connectivity index (χ1v) is 9.95. The van der Waals surface area contributed by atoms with Crippen molar-refractivity contribution in [3.05, 3.63) is 100.0 Å². The van der Waals surface area contributed by atoms with E-state index in [1.165, 1.54) is 54.7 Å². The Morgan fingerprint density at radius 3 is 2.38 bits per heavy atom. The molecule has 2 N–H and O–H groups in total. The highest BCUT2D eigenvalue weighted by atomic mass is 19.1. The van der Waals surface area contributed by atoms with Crippen molar-refractivity contribution in [2.75, 3.05) is 11.9 Å². The van der Waals surface area contributed by atoms with E-state index in [-0.39, 0.29) is 24.5 Å². The standard InChI is InChI=1S/C24H23F2N3O3/c1-24(2,16-5-3-6-18(26)13-16)15-27-21(30)14-29-12-4-7-20(23(29)32)22(31)28-19-10-8-17(25)9-11-19/h3-13H,14-15H2,1-2H3,(H,27,30)(H,28,31). The van der Waals surface area contributed by atoms with Crippen molar-refractivity contribution < 1.29 is 18.4 Å². The van der Waals surface area contributed by atoms with Gasteiger partial charge in [-0.3, -0.25) is 14.4 Å². The first-order chi connectivity index (χ1) is 15.2. The van der Waals surface area contributed by atoms with Gasteiger partial charge in [0.1, 0.15) is 23.7 Å². The second-order valence-corrected chi connectivity index (χ2v) is 7.99. The van der Waals surface area contributed by atoms with Gasteiger partial charge in [-0.05, 0) is 54.1 Å². The number of benzene rings is 2. The van der Waals surface area contributed by atoms with Gasteiger partial charge in [0.15, 0.2) is 0 Å². The van der Waals surface area contributed by atoms with Crippen LogP contribution < -0.4 is 16.2 Å². The van der Waals surface area contributed by atoms with E-state index < -0.39 is 28.6 Å². The van der Waals surface area contributed by atoms with Gasteiger partial charge in [-0.15, -0.1) is 0 Å². The number of rotatable bonds is 7. The molecule has 0 bridgehead atoms. The summed E-state index contributed by atoms with van der Waals surface area (Å²) < 4.78 is 27.7. The zero-order valence-corrected chi connectivity index (χ0v) is 17.7. The van der Waals surface area contributed by atoms with Crippen LogP contribution in [0.15, 0.2) is 71.7 Å². The molecule has 1 aromatic heterocycles. The number of hydrogen-bond acceptors (Lipinski definition) is 3. The molecular formula is C24H23F2N3O3. The van der Waals surface area contributed by atoms with E-state index >= 15 is 0 Å². The van der Waals surface area contributed by atoms with Gasteiger partial charge in [0.05, 0.1) is 0 Å². The van der Waals surface area contributed by atoms with E-state index in [0.717, 1.165) is 10.1 Å². The molecule has 2 amide bonds. The van der Waals surface area contributed by atoms with Gasteiger partial charge >= 0.3 is 0 Å². The SMILES string of the molecule is CC(C)(CNC(=O)Cn1cccc(C(=O)Nc2ccc(F)cc2)c1=O)c1cccc(F)c1. The van der Waals surface area contributed by atoms with Crippen molar-refractivity contribution in [2.45, 2.75) is 25.8 Å².